The summed E-state index contributed by atoms with van der Waals surface area (Å²) in [6.07, 6.45) is 0. The van der Waals surface area contributed by atoms with Gasteiger partial charge < -0.3 is 9.23 Å². The molecule has 0 fully saturated rings. The van der Waals surface area contributed by atoms with Gasteiger partial charge in [0.15, 0.2) is 0 Å². The number of nitrogens with zero attached hydrogens (tertiary/aromatic N) is 3. The summed E-state index contributed by atoms with van der Waals surface area (Å²) < 4.78 is 15.7. The van der Waals surface area contributed by atoms with Gasteiger partial charge in [-0.1, -0.05) is 163 Å². The second-order valence-corrected chi connectivity index (χ2v) is 13.2. The Morgan fingerprint density at radius 3 is 2.08 bits per heavy atom. The monoisotopic (exact) mass is 650 g/mol. The number of para-hydroxylation sites is 2. The lowest BCUT2D eigenvalue weighted by Crippen LogP contribution is -2.58. The highest BCUT2D eigenvalue weighted by molar-refractivity contribution is 6.92. The van der Waals surface area contributed by atoms with Crippen LogP contribution in [-0.4, -0.2) is 16.8 Å². The largest absolute Gasteiger partial charge is 0.455 e. The lowest BCUT2D eigenvalue weighted by molar-refractivity contribution is 0.672. The molecule has 0 amide bonds. The molecule has 1 aliphatic rings. The topological polar surface area (TPSA) is 42.2 Å². The van der Waals surface area contributed by atoms with E-state index in [0.717, 1.165) is 71.6 Å². The first-order valence-electron chi connectivity index (χ1n) is 17.8. The predicted molar refractivity (Wildman–Crippen MR) is 213 cm³/mol. The van der Waals surface area contributed by atoms with Crippen LogP contribution in [0.25, 0.3) is 76.8 Å². The normalized spacial score (nSPS) is 12.9. The molecule has 51 heavy (non-hydrogen) atoms. The fraction of sp³-hybridized carbons (Fsp3) is 0. The van der Waals surface area contributed by atoms with Gasteiger partial charge in [-0.3, -0.25) is 0 Å². The molecule has 1 aliphatic heterocycles. The SMILES string of the molecule is [2H]c1cccc2c1oc1c3ccccc3c3c(c21)N(c1nc(-c2ccccc2)c2ccccc2n1)B(c1ccccc1)c1c-3ccc2ccccc12. The van der Waals surface area contributed by atoms with Crippen LogP contribution in [0.4, 0.5) is 11.6 Å². The zero-order chi connectivity index (χ0) is 34.3. The molecule has 8 aromatic carbocycles. The maximum absolute atomic E-state index is 8.92. The summed E-state index contributed by atoms with van der Waals surface area (Å²) in [6, 6.07) is 57.2. The Balaban J connectivity index is 1.39. The van der Waals surface area contributed by atoms with Gasteiger partial charge in [-0.25, -0.2) is 9.97 Å². The van der Waals surface area contributed by atoms with Gasteiger partial charge in [-0.2, -0.15) is 0 Å². The van der Waals surface area contributed by atoms with Crippen LogP contribution in [0.1, 0.15) is 1.37 Å². The van der Waals surface area contributed by atoms with Crippen molar-refractivity contribution in [1.29, 1.82) is 0 Å². The van der Waals surface area contributed by atoms with Crippen molar-refractivity contribution in [3.8, 4) is 22.4 Å². The van der Waals surface area contributed by atoms with Crippen LogP contribution < -0.4 is 15.7 Å². The van der Waals surface area contributed by atoms with Crippen molar-refractivity contribution < 1.29 is 5.79 Å². The molecule has 0 saturated heterocycles. The number of anilines is 2. The van der Waals surface area contributed by atoms with Crippen molar-refractivity contribution in [3.05, 3.63) is 170 Å². The van der Waals surface area contributed by atoms with E-state index in [0.29, 0.717) is 17.6 Å². The van der Waals surface area contributed by atoms with Crippen LogP contribution >= 0.6 is 0 Å². The van der Waals surface area contributed by atoms with E-state index in [-0.39, 0.29) is 6.85 Å². The summed E-state index contributed by atoms with van der Waals surface area (Å²) >= 11 is 0. The highest BCUT2D eigenvalue weighted by Crippen LogP contribution is 2.52. The van der Waals surface area contributed by atoms with E-state index in [2.05, 4.69) is 144 Å². The number of rotatable bonds is 3. The summed E-state index contributed by atoms with van der Waals surface area (Å²) in [5, 5.41) is 7.29. The van der Waals surface area contributed by atoms with E-state index in [1.54, 1.807) is 6.07 Å². The molecular formula is C46H28BN3O. The molecule has 11 rings (SSSR count). The molecule has 0 bridgehead atoms. The number of benzene rings is 8. The average molecular weight is 651 g/mol. The Hall–Kier alpha value is -6.72. The standard InChI is InChI=1S/C46H28BN3O/c1-3-16-30(17-4-1)43-35-23-11-13-25-38(35)48-46(49-43)50-44-40(33-21-9-10-22-34(33)45-41(44)36-24-12-14-26-39(36)51-45)37-28-27-29-15-7-8-20-32(29)42(37)47(50)31-18-5-2-6-19-31/h1-28H/i26D. The third-order valence-corrected chi connectivity index (χ3v) is 10.4. The molecule has 0 saturated carbocycles. The minimum Gasteiger partial charge on any atom is -0.455 e. The quantitative estimate of drug-likeness (QED) is 0.179. The zero-order valence-corrected chi connectivity index (χ0v) is 27.4. The number of fused-ring (bicyclic) bond motifs is 13. The van der Waals surface area contributed by atoms with Gasteiger partial charge in [0, 0.05) is 27.3 Å². The minimum absolute atomic E-state index is 0.298. The van der Waals surface area contributed by atoms with Crippen molar-refractivity contribution in [2.45, 2.75) is 0 Å². The molecule has 0 radical (unpaired) electrons. The lowest BCUT2D eigenvalue weighted by Gasteiger charge is -2.39. The highest BCUT2D eigenvalue weighted by Gasteiger charge is 2.42. The zero-order valence-electron chi connectivity index (χ0n) is 28.4. The molecular weight excluding hydrogens is 621 g/mol. The van der Waals surface area contributed by atoms with Gasteiger partial charge in [0.05, 0.1) is 23.7 Å². The molecule has 3 heterocycles. The molecule has 0 atom stereocenters. The van der Waals surface area contributed by atoms with Crippen molar-refractivity contribution in [3.63, 3.8) is 0 Å². The molecule has 0 spiro atoms. The van der Waals surface area contributed by atoms with Crippen molar-refractivity contribution in [2.75, 3.05) is 4.81 Å². The Kier molecular flexibility index (Phi) is 5.80. The van der Waals surface area contributed by atoms with Gasteiger partial charge in [-0.05, 0) is 39.3 Å². The van der Waals surface area contributed by atoms with Crippen molar-refractivity contribution >= 4 is 83.8 Å². The van der Waals surface area contributed by atoms with Gasteiger partial charge in [0.2, 0.25) is 5.95 Å². The first-order chi connectivity index (χ1) is 25.7. The fourth-order valence-corrected chi connectivity index (χ4v) is 8.29. The van der Waals surface area contributed by atoms with E-state index in [9.17, 15) is 0 Å². The molecule has 4 nitrogen and oxygen atoms in total. The average Bonchev–Trinajstić information content (AvgIpc) is 3.61. The molecule has 236 valence electrons. The lowest BCUT2D eigenvalue weighted by atomic mass is 9.45. The second kappa shape index (κ2) is 10.9. The van der Waals surface area contributed by atoms with Gasteiger partial charge in [0.25, 0.3) is 0 Å². The Labute approximate surface area is 295 Å². The molecule has 0 aliphatic carbocycles. The number of aromatic nitrogens is 2. The third kappa shape index (κ3) is 4.09. The van der Waals surface area contributed by atoms with Gasteiger partial charge in [0.1, 0.15) is 11.2 Å². The Morgan fingerprint density at radius 2 is 1.24 bits per heavy atom. The van der Waals surface area contributed by atoms with Crippen LogP contribution in [0.5, 0.6) is 0 Å². The van der Waals surface area contributed by atoms with E-state index in [1.165, 1.54) is 16.2 Å². The van der Waals surface area contributed by atoms with Crippen LogP contribution in [0.15, 0.2) is 174 Å². The number of hydrogen-bond acceptors (Lipinski definition) is 4. The summed E-state index contributed by atoms with van der Waals surface area (Å²) in [6.45, 7) is -0.298. The summed E-state index contributed by atoms with van der Waals surface area (Å²) in [5.41, 5.74) is 9.67. The molecule has 5 heteroatoms. The summed E-state index contributed by atoms with van der Waals surface area (Å²) in [4.78, 5) is 13.3. The van der Waals surface area contributed by atoms with Gasteiger partial charge >= 0.3 is 6.85 Å². The van der Waals surface area contributed by atoms with Crippen LogP contribution in [0, 0.1) is 0 Å². The third-order valence-electron chi connectivity index (χ3n) is 10.4. The molecule has 0 N–H and O–H groups in total. The first-order valence-corrected chi connectivity index (χ1v) is 17.3. The van der Waals surface area contributed by atoms with E-state index in [1.807, 2.05) is 18.2 Å². The first kappa shape index (κ1) is 27.1. The Bertz CT molecular complexity index is 3050. The predicted octanol–water partition coefficient (Wildman–Crippen LogP) is 10.4. The summed E-state index contributed by atoms with van der Waals surface area (Å²) in [5.74, 6) is 0.596. The van der Waals surface area contributed by atoms with E-state index in [4.69, 9.17) is 15.8 Å². The maximum atomic E-state index is 8.92. The molecule has 0 unspecified atom stereocenters. The number of furan rings is 1. The smallest absolute Gasteiger partial charge is 0.332 e. The van der Waals surface area contributed by atoms with E-state index < -0.39 is 0 Å². The van der Waals surface area contributed by atoms with E-state index >= 15 is 0 Å². The van der Waals surface area contributed by atoms with Crippen LogP contribution in [-0.2, 0) is 0 Å². The van der Waals surface area contributed by atoms with Crippen LogP contribution in [0.3, 0.4) is 0 Å². The Morgan fingerprint density at radius 1 is 0.569 bits per heavy atom. The highest BCUT2D eigenvalue weighted by atomic mass is 16.3. The van der Waals surface area contributed by atoms with Crippen molar-refractivity contribution in [1.82, 2.24) is 9.97 Å². The van der Waals surface area contributed by atoms with Gasteiger partial charge in [-0.15, -0.1) is 0 Å². The molecule has 2 aromatic heterocycles. The number of hydrogen-bond donors (Lipinski definition) is 0. The molecule has 10 aromatic rings. The maximum Gasteiger partial charge on any atom is 0.332 e. The van der Waals surface area contributed by atoms with Crippen molar-refractivity contribution in [2.24, 2.45) is 0 Å². The second-order valence-electron chi connectivity index (χ2n) is 13.2. The summed E-state index contributed by atoms with van der Waals surface area (Å²) in [7, 11) is 0. The minimum atomic E-state index is -0.298. The van der Waals surface area contributed by atoms with Crippen LogP contribution in [0.2, 0.25) is 0 Å². The fourth-order valence-electron chi connectivity index (χ4n) is 8.29.